The second-order valence-corrected chi connectivity index (χ2v) is 5.40. The summed E-state index contributed by atoms with van der Waals surface area (Å²) >= 11 is 0. The van der Waals surface area contributed by atoms with Gasteiger partial charge in [-0.25, -0.2) is 0 Å². The van der Waals surface area contributed by atoms with Gasteiger partial charge in [-0.15, -0.1) is 13.2 Å². The molecule has 1 aromatic heterocycles. The van der Waals surface area contributed by atoms with Crippen LogP contribution in [0.3, 0.4) is 0 Å². The van der Waals surface area contributed by atoms with Crippen molar-refractivity contribution >= 4 is 10.9 Å². The Kier molecular flexibility index (Phi) is 4.61. The number of aromatic nitrogens is 1. The molecule has 0 bridgehead atoms. The number of rotatable bonds is 4. The molecule has 0 spiro atoms. The van der Waals surface area contributed by atoms with E-state index in [1.165, 1.54) is 24.3 Å². The van der Waals surface area contributed by atoms with Crippen LogP contribution in [0.5, 0.6) is 5.75 Å². The molecular weight excluding hydrogens is 333 g/mol. The number of hydrogen-bond donors (Lipinski definition) is 2. The smallest absolute Gasteiger partial charge is 0.406 e. The van der Waals surface area contributed by atoms with Gasteiger partial charge in [0.25, 0.3) is 0 Å². The first kappa shape index (κ1) is 17.2. The van der Waals surface area contributed by atoms with Gasteiger partial charge in [0.15, 0.2) is 0 Å². The first-order valence-corrected chi connectivity index (χ1v) is 7.49. The molecular formula is C18H15F3N2O2. The number of nitrogens with zero attached hydrogens (tertiary/aromatic N) is 1. The zero-order valence-electron chi connectivity index (χ0n) is 13.0. The molecule has 1 heterocycles. The molecule has 0 fully saturated rings. The van der Waals surface area contributed by atoms with E-state index in [0.29, 0.717) is 16.6 Å². The van der Waals surface area contributed by atoms with Crippen molar-refractivity contribution in [2.24, 2.45) is 5.73 Å². The fraction of sp³-hybridized carbons (Fsp3) is 0.167. The number of aliphatic hydroxyl groups excluding tert-OH is 1. The van der Waals surface area contributed by atoms with Crippen molar-refractivity contribution in [3.8, 4) is 16.9 Å². The van der Waals surface area contributed by atoms with Gasteiger partial charge in [-0.05, 0) is 41.0 Å². The van der Waals surface area contributed by atoms with Crippen molar-refractivity contribution in [1.82, 2.24) is 4.98 Å². The van der Waals surface area contributed by atoms with E-state index in [-0.39, 0.29) is 18.9 Å². The lowest BCUT2D eigenvalue weighted by atomic mass is 9.94. The monoisotopic (exact) mass is 348 g/mol. The summed E-state index contributed by atoms with van der Waals surface area (Å²) in [5.74, 6) is -0.292. The Bertz CT molecular complexity index is 893. The van der Waals surface area contributed by atoms with Crippen LogP contribution >= 0.6 is 0 Å². The standard InChI is InChI=1S/C18H15F3N2O2/c19-18(20,21)25-13-5-3-11(4-6-13)15-8-12(9-22)16(10-24)14-2-1-7-23-17(14)15/h1-8,24H,9-10,22H2. The normalized spacial score (nSPS) is 11.7. The predicted octanol–water partition coefficient (Wildman–Crippen LogP) is 3.75. The molecule has 25 heavy (non-hydrogen) atoms. The third-order valence-electron chi connectivity index (χ3n) is 3.87. The zero-order chi connectivity index (χ0) is 18.0. The average molecular weight is 348 g/mol. The maximum Gasteiger partial charge on any atom is 0.573 e. The lowest BCUT2D eigenvalue weighted by Crippen LogP contribution is -2.16. The van der Waals surface area contributed by atoms with Gasteiger partial charge in [-0.2, -0.15) is 0 Å². The van der Waals surface area contributed by atoms with Gasteiger partial charge in [0.2, 0.25) is 0 Å². The number of nitrogens with two attached hydrogens (primary N) is 1. The molecule has 0 aliphatic carbocycles. The second-order valence-electron chi connectivity index (χ2n) is 5.40. The van der Waals surface area contributed by atoms with E-state index in [1.54, 1.807) is 18.3 Å². The Balaban J connectivity index is 2.12. The number of ether oxygens (including phenoxy) is 1. The van der Waals surface area contributed by atoms with Crippen molar-refractivity contribution in [1.29, 1.82) is 0 Å². The van der Waals surface area contributed by atoms with Crippen LogP contribution in [0.1, 0.15) is 11.1 Å². The SMILES string of the molecule is NCc1cc(-c2ccc(OC(F)(F)F)cc2)c2ncccc2c1CO. The maximum atomic E-state index is 12.3. The highest BCUT2D eigenvalue weighted by Gasteiger charge is 2.31. The number of alkyl halides is 3. The molecule has 130 valence electrons. The van der Waals surface area contributed by atoms with Gasteiger partial charge in [0.05, 0.1) is 12.1 Å². The average Bonchev–Trinajstić information content (AvgIpc) is 2.59. The van der Waals surface area contributed by atoms with E-state index in [0.717, 1.165) is 16.5 Å². The van der Waals surface area contributed by atoms with E-state index in [9.17, 15) is 18.3 Å². The Hall–Kier alpha value is -2.64. The lowest BCUT2D eigenvalue weighted by molar-refractivity contribution is -0.274. The van der Waals surface area contributed by atoms with Gasteiger partial charge in [0.1, 0.15) is 5.75 Å². The highest BCUT2D eigenvalue weighted by atomic mass is 19.4. The van der Waals surface area contributed by atoms with E-state index >= 15 is 0 Å². The second kappa shape index (κ2) is 6.70. The molecule has 0 aliphatic heterocycles. The Morgan fingerprint density at radius 2 is 1.84 bits per heavy atom. The summed E-state index contributed by atoms with van der Waals surface area (Å²) in [6.07, 6.45) is -3.11. The Morgan fingerprint density at radius 1 is 1.12 bits per heavy atom. The summed E-state index contributed by atoms with van der Waals surface area (Å²) in [6, 6.07) is 11.0. The number of pyridine rings is 1. The maximum absolute atomic E-state index is 12.3. The highest BCUT2D eigenvalue weighted by Crippen LogP contribution is 2.33. The van der Waals surface area contributed by atoms with Crippen LogP contribution in [0.2, 0.25) is 0 Å². The molecule has 0 radical (unpaired) electrons. The molecule has 0 saturated carbocycles. The van der Waals surface area contributed by atoms with E-state index in [1.807, 2.05) is 6.07 Å². The van der Waals surface area contributed by atoms with Gasteiger partial charge >= 0.3 is 6.36 Å². The van der Waals surface area contributed by atoms with Gasteiger partial charge in [-0.3, -0.25) is 4.98 Å². The number of aliphatic hydroxyl groups is 1. The molecule has 3 aromatic rings. The van der Waals surface area contributed by atoms with Crippen molar-refractivity contribution in [3.05, 3.63) is 59.8 Å². The van der Waals surface area contributed by atoms with Gasteiger partial charge in [-0.1, -0.05) is 18.2 Å². The van der Waals surface area contributed by atoms with Crippen LogP contribution in [-0.2, 0) is 13.2 Å². The summed E-state index contributed by atoms with van der Waals surface area (Å²) in [6.45, 7) is 0.0519. The van der Waals surface area contributed by atoms with Crippen molar-refractivity contribution in [2.75, 3.05) is 0 Å². The molecule has 7 heteroatoms. The molecule has 0 atom stereocenters. The first-order chi connectivity index (χ1) is 11.9. The summed E-state index contributed by atoms with van der Waals surface area (Å²) in [5.41, 5.74) is 9.29. The number of fused-ring (bicyclic) bond motifs is 1. The fourth-order valence-corrected chi connectivity index (χ4v) is 2.79. The van der Waals surface area contributed by atoms with Crippen molar-refractivity contribution in [3.63, 3.8) is 0 Å². The first-order valence-electron chi connectivity index (χ1n) is 7.49. The van der Waals surface area contributed by atoms with Crippen LogP contribution < -0.4 is 10.5 Å². The molecule has 0 aliphatic rings. The molecule has 3 N–H and O–H groups in total. The van der Waals surface area contributed by atoms with Crippen molar-refractivity contribution in [2.45, 2.75) is 19.5 Å². The van der Waals surface area contributed by atoms with E-state index < -0.39 is 6.36 Å². The molecule has 3 rings (SSSR count). The highest BCUT2D eigenvalue weighted by molar-refractivity contribution is 5.96. The molecule has 4 nitrogen and oxygen atoms in total. The predicted molar refractivity (Wildman–Crippen MR) is 87.7 cm³/mol. The quantitative estimate of drug-likeness (QED) is 0.753. The van der Waals surface area contributed by atoms with Crippen LogP contribution in [0.25, 0.3) is 22.0 Å². The van der Waals surface area contributed by atoms with E-state index in [4.69, 9.17) is 5.73 Å². The fourth-order valence-electron chi connectivity index (χ4n) is 2.79. The minimum Gasteiger partial charge on any atom is -0.406 e. The zero-order valence-corrected chi connectivity index (χ0v) is 13.0. The van der Waals surface area contributed by atoms with Crippen molar-refractivity contribution < 1.29 is 23.0 Å². The topological polar surface area (TPSA) is 68.4 Å². The molecule has 0 unspecified atom stereocenters. The number of hydrogen-bond acceptors (Lipinski definition) is 4. The molecule has 2 aromatic carbocycles. The summed E-state index contributed by atoms with van der Waals surface area (Å²) in [5, 5.41) is 10.4. The summed E-state index contributed by atoms with van der Waals surface area (Å²) in [7, 11) is 0. The van der Waals surface area contributed by atoms with Gasteiger partial charge in [0, 0.05) is 23.7 Å². The van der Waals surface area contributed by atoms with Crippen LogP contribution in [-0.4, -0.2) is 16.5 Å². The minimum atomic E-state index is -4.73. The largest absolute Gasteiger partial charge is 0.573 e. The Morgan fingerprint density at radius 3 is 2.44 bits per heavy atom. The van der Waals surface area contributed by atoms with E-state index in [2.05, 4.69) is 9.72 Å². The third-order valence-corrected chi connectivity index (χ3v) is 3.87. The molecule has 0 amide bonds. The summed E-state index contributed by atoms with van der Waals surface area (Å²) in [4.78, 5) is 4.36. The molecule has 0 saturated heterocycles. The minimum absolute atomic E-state index is 0.173. The summed E-state index contributed by atoms with van der Waals surface area (Å²) < 4.78 is 40.7. The number of benzene rings is 2. The van der Waals surface area contributed by atoms with Crippen LogP contribution in [0.4, 0.5) is 13.2 Å². The van der Waals surface area contributed by atoms with Crippen LogP contribution in [0, 0.1) is 0 Å². The van der Waals surface area contributed by atoms with Crippen LogP contribution in [0.15, 0.2) is 48.7 Å². The Labute approximate surface area is 141 Å². The lowest BCUT2D eigenvalue weighted by Gasteiger charge is -2.14. The van der Waals surface area contributed by atoms with Gasteiger partial charge < -0.3 is 15.6 Å². The third kappa shape index (κ3) is 3.57. The number of halogens is 3.